The molecular weight excluding hydrogens is 547 g/mol. The Labute approximate surface area is 225 Å². The molecule has 2 aromatic carbocycles. The molecule has 3 aromatic rings. The number of nitrogens with zero attached hydrogens (tertiary/aromatic N) is 4. The maximum atomic E-state index is 13.7. The van der Waals surface area contributed by atoms with Gasteiger partial charge in [-0.3, -0.25) is 4.90 Å². The van der Waals surface area contributed by atoms with Crippen molar-refractivity contribution >= 4 is 0 Å². The lowest BCUT2D eigenvalue weighted by molar-refractivity contribution is -0.231. The zero-order chi connectivity index (χ0) is 29.2. The van der Waals surface area contributed by atoms with E-state index in [0.29, 0.717) is 42.2 Å². The van der Waals surface area contributed by atoms with E-state index < -0.39 is 47.7 Å². The molecule has 0 aliphatic carbocycles. The summed E-state index contributed by atoms with van der Waals surface area (Å²) in [6, 6.07) is 6.20. The number of nitrogens with one attached hydrogen (secondary N) is 1. The molecule has 0 saturated carbocycles. The number of hydrogen-bond acceptors (Lipinski definition) is 6. The Morgan fingerprint density at radius 3 is 2.17 bits per heavy atom. The van der Waals surface area contributed by atoms with E-state index in [1.807, 2.05) is 23.9 Å². The van der Waals surface area contributed by atoms with Crippen LogP contribution in [0.2, 0.25) is 0 Å². The van der Waals surface area contributed by atoms with Gasteiger partial charge in [-0.15, -0.1) is 0 Å². The second-order valence-corrected chi connectivity index (χ2v) is 9.78. The van der Waals surface area contributed by atoms with Gasteiger partial charge in [0.1, 0.15) is 17.2 Å². The van der Waals surface area contributed by atoms with E-state index in [-0.39, 0.29) is 24.8 Å². The molecule has 0 spiro atoms. The van der Waals surface area contributed by atoms with Crippen LogP contribution in [0.1, 0.15) is 52.7 Å². The van der Waals surface area contributed by atoms with Crippen LogP contribution in [0.15, 0.2) is 42.5 Å². The monoisotopic (exact) mass is 575 g/mol. The van der Waals surface area contributed by atoms with Crippen LogP contribution in [0.25, 0.3) is 0 Å². The number of morpholine rings is 1. The number of benzene rings is 2. The highest BCUT2D eigenvalue weighted by molar-refractivity contribution is 5.35. The van der Waals surface area contributed by atoms with Crippen molar-refractivity contribution in [1.29, 1.82) is 0 Å². The van der Waals surface area contributed by atoms with Crippen molar-refractivity contribution in [1.82, 2.24) is 25.2 Å². The van der Waals surface area contributed by atoms with Crippen LogP contribution in [0, 0.1) is 5.82 Å². The second-order valence-electron chi connectivity index (χ2n) is 9.78. The summed E-state index contributed by atoms with van der Waals surface area (Å²) >= 11 is 0. The number of alkyl halides is 6. The molecule has 7 nitrogen and oxygen atoms in total. The number of aromatic nitrogens is 3. The molecule has 2 heterocycles. The first kappa shape index (κ1) is 29.9. The smallest absolute Gasteiger partial charge is 0.349 e. The maximum Gasteiger partial charge on any atom is 0.416 e. The first-order chi connectivity index (χ1) is 18.7. The van der Waals surface area contributed by atoms with Crippen molar-refractivity contribution in [2.75, 3.05) is 27.2 Å². The van der Waals surface area contributed by atoms with Crippen molar-refractivity contribution in [3.63, 3.8) is 0 Å². The number of aromatic amines is 1. The molecule has 4 rings (SSSR count). The van der Waals surface area contributed by atoms with Crippen LogP contribution in [0.4, 0.5) is 30.7 Å². The van der Waals surface area contributed by atoms with Crippen molar-refractivity contribution in [3.05, 3.63) is 81.9 Å². The van der Waals surface area contributed by atoms with Crippen LogP contribution < -0.4 is 0 Å². The summed E-state index contributed by atoms with van der Waals surface area (Å²) in [6.07, 6.45) is -12.3. The molecule has 1 aromatic heterocycles. The minimum atomic E-state index is -4.99. The fourth-order valence-electron chi connectivity index (χ4n) is 4.52. The van der Waals surface area contributed by atoms with Gasteiger partial charge in [0.15, 0.2) is 6.29 Å². The average Bonchev–Trinajstić information content (AvgIpc) is 3.29. The van der Waals surface area contributed by atoms with Crippen LogP contribution in [-0.2, 0) is 34.9 Å². The normalized spacial score (nSPS) is 19.8. The van der Waals surface area contributed by atoms with Gasteiger partial charge in [-0.2, -0.15) is 41.8 Å². The molecule has 1 saturated heterocycles. The van der Waals surface area contributed by atoms with E-state index in [1.165, 1.54) is 31.2 Å². The largest absolute Gasteiger partial charge is 0.416 e. The highest BCUT2D eigenvalue weighted by Gasteiger charge is 2.39. The van der Waals surface area contributed by atoms with Gasteiger partial charge in [0.25, 0.3) is 0 Å². The first-order valence-corrected chi connectivity index (χ1v) is 12.3. The molecule has 0 radical (unpaired) electrons. The number of H-pyrrole nitrogens is 1. The zero-order valence-corrected chi connectivity index (χ0v) is 21.9. The summed E-state index contributed by atoms with van der Waals surface area (Å²) in [4.78, 5) is 3.86. The van der Waals surface area contributed by atoms with E-state index in [9.17, 15) is 30.7 Å². The van der Waals surface area contributed by atoms with E-state index in [0.717, 1.165) is 0 Å². The number of rotatable bonds is 8. The highest BCUT2D eigenvalue weighted by atomic mass is 19.4. The molecule has 40 heavy (non-hydrogen) atoms. The summed E-state index contributed by atoms with van der Waals surface area (Å²) in [5, 5.41) is 11.0. The predicted molar refractivity (Wildman–Crippen MR) is 129 cm³/mol. The van der Waals surface area contributed by atoms with Crippen LogP contribution >= 0.6 is 0 Å². The molecular formula is C26H28F7N5O2. The van der Waals surface area contributed by atoms with Gasteiger partial charge in [-0.25, -0.2) is 4.39 Å². The summed E-state index contributed by atoms with van der Waals surface area (Å²) in [6.45, 7) is 2.69. The third kappa shape index (κ3) is 7.16. The van der Waals surface area contributed by atoms with Gasteiger partial charge < -0.3 is 14.4 Å². The Morgan fingerprint density at radius 1 is 1.00 bits per heavy atom. The average molecular weight is 576 g/mol. The van der Waals surface area contributed by atoms with E-state index >= 15 is 0 Å². The van der Waals surface area contributed by atoms with Gasteiger partial charge in [0.2, 0.25) is 0 Å². The minimum Gasteiger partial charge on any atom is -0.349 e. The van der Waals surface area contributed by atoms with Gasteiger partial charge in [-0.1, -0.05) is 12.1 Å². The Hall–Kier alpha value is -3.07. The Morgan fingerprint density at radius 2 is 1.60 bits per heavy atom. The topological polar surface area (TPSA) is 66.5 Å². The molecule has 1 N–H and O–H groups in total. The molecule has 14 heteroatoms. The Kier molecular flexibility index (Phi) is 8.83. The molecule has 1 aliphatic rings. The molecule has 0 amide bonds. The third-order valence-corrected chi connectivity index (χ3v) is 6.46. The van der Waals surface area contributed by atoms with Crippen molar-refractivity contribution in [2.24, 2.45) is 0 Å². The Bertz CT molecular complexity index is 1250. The quantitative estimate of drug-likeness (QED) is 0.347. The summed E-state index contributed by atoms with van der Waals surface area (Å²) < 4.78 is 106. The van der Waals surface area contributed by atoms with Gasteiger partial charge in [0.05, 0.1) is 29.9 Å². The lowest BCUT2D eigenvalue weighted by Gasteiger charge is -2.42. The molecule has 3 atom stereocenters. The van der Waals surface area contributed by atoms with Crippen molar-refractivity contribution < 1.29 is 40.2 Å². The number of hydrogen-bond donors (Lipinski definition) is 1. The number of ether oxygens (including phenoxy) is 2. The molecule has 1 fully saturated rings. The SMILES string of the molecule is C[C@H](O[C@H]1OCCN(Cc2n[nH]nc2CN(C)C)[C@H]1c1ccc(F)cc1)c1cc(C(F)(F)F)cc(C(F)(F)F)c1. The highest BCUT2D eigenvalue weighted by Crippen LogP contribution is 2.40. The van der Waals surface area contributed by atoms with E-state index in [2.05, 4.69) is 15.4 Å². The van der Waals surface area contributed by atoms with Crippen molar-refractivity contribution in [2.45, 2.75) is 50.8 Å². The van der Waals surface area contributed by atoms with Crippen molar-refractivity contribution in [3.8, 4) is 0 Å². The van der Waals surface area contributed by atoms with Crippen LogP contribution in [0.3, 0.4) is 0 Å². The summed E-state index contributed by atoms with van der Waals surface area (Å²) in [7, 11) is 3.75. The summed E-state index contributed by atoms with van der Waals surface area (Å²) in [5.74, 6) is -0.480. The molecule has 218 valence electrons. The lowest BCUT2D eigenvalue weighted by atomic mass is 10.0. The Balaban J connectivity index is 1.66. The second kappa shape index (κ2) is 11.8. The van der Waals surface area contributed by atoms with Gasteiger partial charge >= 0.3 is 12.4 Å². The van der Waals surface area contributed by atoms with Gasteiger partial charge in [-0.05, 0) is 62.5 Å². The molecule has 0 unspecified atom stereocenters. The number of halogens is 7. The predicted octanol–water partition coefficient (Wildman–Crippen LogP) is 5.72. The van der Waals surface area contributed by atoms with Gasteiger partial charge in [0, 0.05) is 19.6 Å². The molecule has 1 aliphatic heterocycles. The summed E-state index contributed by atoms with van der Waals surface area (Å²) in [5.41, 5.74) is -1.27. The minimum absolute atomic E-state index is 0.0691. The fraction of sp³-hybridized carbons (Fsp3) is 0.462. The van der Waals surface area contributed by atoms with E-state index in [1.54, 1.807) is 0 Å². The van der Waals surface area contributed by atoms with Crippen LogP contribution in [-0.4, -0.2) is 58.7 Å². The standard InChI is InChI=1S/C26H28F7N5O2/c1-15(17-10-18(25(28,29)30)12-19(11-17)26(31,32)33)40-24-23(16-4-6-20(27)7-5-16)38(8-9-39-24)14-22-21(13-37(2)3)34-36-35-22/h4-7,10-12,15,23-24H,8-9,13-14H2,1-3H3,(H,34,35,36)/t15-,23-,24+/m0/s1. The zero-order valence-electron chi connectivity index (χ0n) is 21.9. The molecule has 0 bridgehead atoms. The maximum absolute atomic E-state index is 13.7. The lowest BCUT2D eigenvalue weighted by Crippen LogP contribution is -2.46. The van der Waals surface area contributed by atoms with Crippen LogP contribution in [0.5, 0.6) is 0 Å². The fourth-order valence-corrected chi connectivity index (χ4v) is 4.52. The first-order valence-electron chi connectivity index (χ1n) is 12.3. The van der Waals surface area contributed by atoms with E-state index in [4.69, 9.17) is 9.47 Å². The third-order valence-electron chi connectivity index (χ3n) is 6.46.